The summed E-state index contributed by atoms with van der Waals surface area (Å²) in [5.74, 6) is 0.318. The van der Waals surface area contributed by atoms with E-state index < -0.39 is 5.97 Å². The number of aryl methyl sites for hydroxylation is 1. The van der Waals surface area contributed by atoms with Gasteiger partial charge in [-0.1, -0.05) is 24.3 Å². The maximum atomic E-state index is 12.5. The van der Waals surface area contributed by atoms with Crippen molar-refractivity contribution in [2.75, 3.05) is 6.61 Å². The van der Waals surface area contributed by atoms with Crippen molar-refractivity contribution in [3.63, 3.8) is 0 Å². The highest BCUT2D eigenvalue weighted by atomic mass is 32.2. The minimum atomic E-state index is -0.395. The zero-order valence-electron chi connectivity index (χ0n) is 13.7. The molecule has 3 rings (SSSR count). The average Bonchev–Trinajstić information content (AvgIpc) is 2.88. The molecule has 5 heteroatoms. The van der Waals surface area contributed by atoms with Crippen LogP contribution >= 0.6 is 11.8 Å². The number of thioether (sulfide) groups is 1. The van der Waals surface area contributed by atoms with Crippen LogP contribution in [0.3, 0.4) is 0 Å². The lowest BCUT2D eigenvalue weighted by Crippen LogP contribution is -2.08. The molecule has 0 saturated carbocycles. The summed E-state index contributed by atoms with van der Waals surface area (Å²) in [5, 5.41) is 10.8. The fourth-order valence-electron chi connectivity index (χ4n) is 2.78. The molecule has 0 spiro atoms. The molecule has 4 nitrogen and oxygen atoms in total. The van der Waals surface area contributed by atoms with Crippen molar-refractivity contribution in [3.05, 3.63) is 59.8 Å². The van der Waals surface area contributed by atoms with Crippen molar-refractivity contribution in [2.45, 2.75) is 17.6 Å². The number of nitrogens with zero attached hydrogens (tertiary/aromatic N) is 1. The second-order valence-corrected chi connectivity index (χ2v) is 6.42. The fourth-order valence-corrected chi connectivity index (χ4v) is 3.77. The number of aromatic nitrogens is 1. The van der Waals surface area contributed by atoms with Gasteiger partial charge in [0.1, 0.15) is 5.75 Å². The molecule has 0 aliphatic rings. The van der Waals surface area contributed by atoms with Gasteiger partial charge in [-0.3, -0.25) is 0 Å². The van der Waals surface area contributed by atoms with Crippen LogP contribution in [0.4, 0.5) is 0 Å². The number of rotatable bonds is 5. The van der Waals surface area contributed by atoms with Crippen LogP contribution in [0.2, 0.25) is 0 Å². The molecule has 0 bridgehead atoms. The Kier molecular flexibility index (Phi) is 4.81. The highest BCUT2D eigenvalue weighted by Crippen LogP contribution is 2.35. The van der Waals surface area contributed by atoms with Crippen molar-refractivity contribution < 1.29 is 14.6 Å². The second kappa shape index (κ2) is 7.01. The van der Waals surface area contributed by atoms with Crippen LogP contribution in [0.15, 0.2) is 53.4 Å². The highest BCUT2D eigenvalue weighted by molar-refractivity contribution is 7.98. The molecule has 0 fully saturated rings. The molecular weight excluding hydrogens is 322 g/mol. The Bertz CT molecular complexity index is 871. The molecule has 24 heavy (non-hydrogen) atoms. The number of carbonyl (C=O) groups is 1. The van der Waals surface area contributed by atoms with E-state index in [9.17, 15) is 9.90 Å². The summed E-state index contributed by atoms with van der Waals surface area (Å²) in [6, 6.07) is 15.3. The van der Waals surface area contributed by atoms with Crippen LogP contribution in [0.25, 0.3) is 10.9 Å². The van der Waals surface area contributed by atoms with Gasteiger partial charge in [0.2, 0.25) is 0 Å². The fraction of sp³-hybridized carbons (Fsp3) is 0.211. The van der Waals surface area contributed by atoms with Crippen LogP contribution in [0.1, 0.15) is 23.0 Å². The number of phenolic OH excluding ortho intramolecular Hbond substituents is 1. The second-order valence-electron chi connectivity index (χ2n) is 5.37. The topological polar surface area (TPSA) is 51.5 Å². The number of ether oxygens (including phenoxy) is 1. The smallest absolute Gasteiger partial charge is 0.340 e. The quantitative estimate of drug-likeness (QED) is 0.553. The van der Waals surface area contributed by atoms with Crippen molar-refractivity contribution in [3.8, 4) is 5.75 Å². The minimum absolute atomic E-state index is 0.0992. The normalized spacial score (nSPS) is 10.9. The van der Waals surface area contributed by atoms with Crippen molar-refractivity contribution in [1.82, 2.24) is 4.57 Å². The van der Waals surface area contributed by atoms with E-state index >= 15 is 0 Å². The Morgan fingerprint density at radius 2 is 1.92 bits per heavy atom. The minimum Gasteiger partial charge on any atom is -0.507 e. The molecule has 0 atom stereocenters. The van der Waals surface area contributed by atoms with Gasteiger partial charge in [0.15, 0.2) is 0 Å². The van der Waals surface area contributed by atoms with E-state index in [0.717, 1.165) is 16.1 Å². The Morgan fingerprint density at radius 3 is 2.62 bits per heavy atom. The lowest BCUT2D eigenvalue weighted by molar-refractivity contribution is 0.0527. The number of fused-ring (bicyclic) bond motifs is 1. The molecule has 0 aliphatic heterocycles. The number of aromatic hydroxyl groups is 1. The summed E-state index contributed by atoms with van der Waals surface area (Å²) in [5.41, 5.74) is 2.12. The Balaban J connectivity index is 2.08. The zero-order valence-corrected chi connectivity index (χ0v) is 14.5. The molecule has 1 N–H and O–H groups in total. The van der Waals surface area contributed by atoms with E-state index in [1.807, 2.05) is 48.0 Å². The van der Waals surface area contributed by atoms with Crippen LogP contribution in [0, 0.1) is 0 Å². The molecule has 0 saturated heterocycles. The molecule has 1 aromatic heterocycles. The van der Waals surface area contributed by atoms with Crippen LogP contribution in [0.5, 0.6) is 5.75 Å². The first kappa shape index (κ1) is 16.5. The summed E-state index contributed by atoms with van der Waals surface area (Å²) in [6.07, 6.45) is 0. The van der Waals surface area contributed by atoms with Gasteiger partial charge < -0.3 is 14.4 Å². The largest absolute Gasteiger partial charge is 0.507 e. The van der Waals surface area contributed by atoms with E-state index in [2.05, 4.69) is 0 Å². The van der Waals surface area contributed by atoms with Crippen LogP contribution in [-0.2, 0) is 17.5 Å². The molecule has 1 heterocycles. The molecule has 0 radical (unpaired) electrons. The molecule has 2 aromatic carbocycles. The van der Waals surface area contributed by atoms with Crippen LogP contribution < -0.4 is 0 Å². The van der Waals surface area contributed by atoms with Gasteiger partial charge >= 0.3 is 5.97 Å². The summed E-state index contributed by atoms with van der Waals surface area (Å²) >= 11 is 1.65. The summed E-state index contributed by atoms with van der Waals surface area (Å²) in [7, 11) is 1.91. The van der Waals surface area contributed by atoms with E-state index in [1.165, 1.54) is 0 Å². The molecule has 3 aromatic rings. The third-order valence-electron chi connectivity index (χ3n) is 3.92. The Labute approximate surface area is 145 Å². The van der Waals surface area contributed by atoms with E-state index in [-0.39, 0.29) is 5.75 Å². The number of phenols is 1. The molecule has 0 amide bonds. The number of esters is 1. The maximum absolute atomic E-state index is 12.5. The number of hydrogen-bond acceptors (Lipinski definition) is 4. The van der Waals surface area contributed by atoms with Gasteiger partial charge in [0, 0.05) is 23.4 Å². The summed E-state index contributed by atoms with van der Waals surface area (Å²) < 4.78 is 7.18. The third kappa shape index (κ3) is 2.99. The van der Waals surface area contributed by atoms with Gasteiger partial charge in [-0.2, -0.15) is 0 Å². The highest BCUT2D eigenvalue weighted by Gasteiger charge is 2.24. The molecule has 124 valence electrons. The SMILES string of the molecule is CCOC(=O)c1c(CSc2ccccc2)n(C)c2cccc(O)c12. The first-order valence-electron chi connectivity index (χ1n) is 7.77. The summed E-state index contributed by atoms with van der Waals surface area (Å²) in [4.78, 5) is 13.6. The lowest BCUT2D eigenvalue weighted by Gasteiger charge is -2.08. The van der Waals surface area contributed by atoms with Crippen molar-refractivity contribution in [2.24, 2.45) is 7.05 Å². The predicted octanol–water partition coefficient (Wildman–Crippen LogP) is 4.35. The van der Waals surface area contributed by atoms with Gasteiger partial charge in [-0.15, -0.1) is 11.8 Å². The number of hydrogen-bond donors (Lipinski definition) is 1. The Morgan fingerprint density at radius 1 is 1.17 bits per heavy atom. The monoisotopic (exact) mass is 341 g/mol. The number of benzene rings is 2. The molecular formula is C19H19NO3S. The van der Waals surface area contributed by atoms with Gasteiger partial charge in [0.25, 0.3) is 0 Å². The predicted molar refractivity (Wildman–Crippen MR) is 96.5 cm³/mol. The molecule has 0 aliphatic carbocycles. The summed E-state index contributed by atoms with van der Waals surface area (Å²) in [6.45, 7) is 2.08. The van der Waals surface area contributed by atoms with Gasteiger partial charge in [0.05, 0.1) is 23.1 Å². The van der Waals surface area contributed by atoms with E-state index in [1.54, 1.807) is 30.8 Å². The third-order valence-corrected chi connectivity index (χ3v) is 4.95. The average molecular weight is 341 g/mol. The van der Waals surface area contributed by atoms with Gasteiger partial charge in [-0.05, 0) is 31.2 Å². The zero-order chi connectivity index (χ0) is 17.1. The van der Waals surface area contributed by atoms with Crippen LogP contribution in [-0.4, -0.2) is 22.2 Å². The Hall–Kier alpha value is -2.40. The first-order chi connectivity index (χ1) is 11.6. The lowest BCUT2D eigenvalue weighted by atomic mass is 10.1. The van der Waals surface area contributed by atoms with E-state index in [4.69, 9.17) is 4.74 Å². The maximum Gasteiger partial charge on any atom is 0.340 e. The number of carbonyl (C=O) groups excluding carboxylic acids is 1. The van der Waals surface area contributed by atoms with Crippen molar-refractivity contribution >= 4 is 28.6 Å². The van der Waals surface area contributed by atoms with Gasteiger partial charge in [-0.25, -0.2) is 4.79 Å². The standard InChI is InChI=1S/C19H19NO3S/c1-3-23-19(22)18-15(12-24-13-8-5-4-6-9-13)20(2)14-10-7-11-16(21)17(14)18/h4-11,21H,3,12H2,1-2H3. The molecule has 0 unspecified atom stereocenters. The van der Waals surface area contributed by atoms with Crippen molar-refractivity contribution in [1.29, 1.82) is 0 Å². The van der Waals surface area contributed by atoms with E-state index in [0.29, 0.717) is 23.3 Å². The first-order valence-corrected chi connectivity index (χ1v) is 8.76.